The van der Waals surface area contributed by atoms with Crippen molar-refractivity contribution in [1.82, 2.24) is 0 Å². The topological polar surface area (TPSA) is 108 Å². The van der Waals surface area contributed by atoms with Gasteiger partial charge in [0.25, 0.3) is 0 Å². The average molecular weight is 1060 g/mol. The van der Waals surface area contributed by atoms with Crippen LogP contribution in [0.4, 0.5) is 0 Å². The van der Waals surface area contributed by atoms with E-state index in [1.165, 1.54) is 135 Å². The third-order valence-corrected chi connectivity index (χ3v) is 13.9. The summed E-state index contributed by atoms with van der Waals surface area (Å²) in [4.78, 5) is 35.7. The molecule has 0 aromatic rings. The molecular weight excluding hydrogens is 942 g/mol. The van der Waals surface area contributed by atoms with Crippen molar-refractivity contribution in [3.8, 4) is 0 Å². The van der Waals surface area contributed by atoms with Crippen LogP contribution in [0.1, 0.15) is 258 Å². The molecule has 428 valence electrons. The number of allylic oxidation sites excluding steroid dienone is 14. The Morgan fingerprint density at radius 2 is 0.770 bits per heavy atom. The highest BCUT2D eigenvalue weighted by molar-refractivity contribution is 7.47. The molecule has 9 nitrogen and oxygen atoms in total. The lowest BCUT2D eigenvalue weighted by Crippen LogP contribution is -2.37. The maximum absolute atomic E-state index is 12.8. The van der Waals surface area contributed by atoms with Gasteiger partial charge in [-0.05, 0) is 89.9 Å². The first kappa shape index (κ1) is 71.2. The molecule has 10 heteroatoms. The van der Waals surface area contributed by atoms with Crippen molar-refractivity contribution in [2.45, 2.75) is 264 Å². The van der Waals surface area contributed by atoms with Crippen LogP contribution in [0.3, 0.4) is 0 Å². The van der Waals surface area contributed by atoms with Crippen molar-refractivity contribution in [3.05, 3.63) is 85.1 Å². The fraction of sp³-hybridized carbons (Fsp3) is 0.750. The third-order valence-electron chi connectivity index (χ3n) is 12.9. The Kier molecular flexibility index (Phi) is 52.9. The number of quaternary nitrogens is 1. The fourth-order valence-corrected chi connectivity index (χ4v) is 8.99. The maximum atomic E-state index is 12.8. The van der Waals surface area contributed by atoms with E-state index < -0.39 is 26.5 Å². The van der Waals surface area contributed by atoms with Crippen LogP contribution >= 0.6 is 7.82 Å². The van der Waals surface area contributed by atoms with Crippen LogP contribution < -0.4 is 0 Å². The summed E-state index contributed by atoms with van der Waals surface area (Å²) in [6, 6.07) is 0. The SMILES string of the molecule is CC/C=C\C/C=C\C/C=C\C/C=C\CCCCCCCCCCCCCCCCCCC(=O)OC(COC(=O)CCCCCCCC/C=C\C/C=C\C/C=C\CCCCCCC)COP(=O)(O)OCC[N+](C)(C)C. The summed E-state index contributed by atoms with van der Waals surface area (Å²) in [5.74, 6) is -0.809. The van der Waals surface area contributed by atoms with Crippen LogP contribution in [0.5, 0.6) is 0 Å². The van der Waals surface area contributed by atoms with Crippen LogP contribution in [0.2, 0.25) is 0 Å². The first-order chi connectivity index (χ1) is 36.0. The van der Waals surface area contributed by atoms with Gasteiger partial charge in [-0.1, -0.05) is 240 Å². The van der Waals surface area contributed by atoms with E-state index in [0.29, 0.717) is 17.4 Å². The highest BCUT2D eigenvalue weighted by Crippen LogP contribution is 2.43. The van der Waals surface area contributed by atoms with Gasteiger partial charge in [-0.15, -0.1) is 0 Å². The van der Waals surface area contributed by atoms with E-state index in [1.54, 1.807) is 0 Å². The highest BCUT2D eigenvalue weighted by Gasteiger charge is 2.27. The minimum absolute atomic E-state index is 0.0268. The Labute approximate surface area is 456 Å². The second-order valence-electron chi connectivity index (χ2n) is 21.4. The second kappa shape index (κ2) is 55.0. The molecule has 0 saturated carbocycles. The van der Waals surface area contributed by atoms with E-state index in [4.69, 9.17) is 18.5 Å². The Hall–Kier alpha value is -2.81. The summed E-state index contributed by atoms with van der Waals surface area (Å²) in [6.45, 7) is 4.31. The predicted molar refractivity (Wildman–Crippen MR) is 316 cm³/mol. The molecule has 0 aliphatic heterocycles. The number of likely N-dealkylation sites (N-methyl/N-ethyl adjacent to an activating group) is 1. The summed E-state index contributed by atoms with van der Waals surface area (Å²) in [6.07, 6.45) is 73.7. The van der Waals surface area contributed by atoms with Crippen LogP contribution in [-0.2, 0) is 32.7 Å². The van der Waals surface area contributed by atoms with Crippen LogP contribution in [0.15, 0.2) is 85.1 Å². The quantitative estimate of drug-likeness (QED) is 0.0211. The molecule has 0 bridgehead atoms. The number of nitrogens with zero attached hydrogens (tertiary/aromatic N) is 1. The minimum atomic E-state index is -4.39. The summed E-state index contributed by atoms with van der Waals surface area (Å²) in [7, 11) is 1.47. The lowest BCUT2D eigenvalue weighted by atomic mass is 10.0. The van der Waals surface area contributed by atoms with Crippen molar-refractivity contribution in [1.29, 1.82) is 0 Å². The molecule has 0 aromatic carbocycles. The first-order valence-corrected chi connectivity index (χ1v) is 31.8. The van der Waals surface area contributed by atoms with Crippen molar-refractivity contribution in [2.24, 2.45) is 0 Å². The Bertz CT molecular complexity index is 1520. The molecule has 0 fully saturated rings. The molecule has 0 aromatic heterocycles. The number of phosphoric acid groups is 1. The van der Waals surface area contributed by atoms with Crippen molar-refractivity contribution in [3.63, 3.8) is 0 Å². The van der Waals surface area contributed by atoms with Crippen LogP contribution in [-0.4, -0.2) is 74.9 Å². The summed E-state index contributed by atoms with van der Waals surface area (Å²) >= 11 is 0. The number of rotatable bonds is 55. The third kappa shape index (κ3) is 58.5. The van der Waals surface area contributed by atoms with Crippen LogP contribution in [0.25, 0.3) is 0 Å². The highest BCUT2D eigenvalue weighted by atomic mass is 31.2. The molecule has 0 aliphatic rings. The van der Waals surface area contributed by atoms with Crippen molar-refractivity contribution >= 4 is 19.8 Å². The minimum Gasteiger partial charge on any atom is -0.462 e. The normalized spacial score (nSPS) is 13.9. The van der Waals surface area contributed by atoms with Crippen LogP contribution in [0, 0.1) is 0 Å². The molecule has 1 N–H and O–H groups in total. The van der Waals surface area contributed by atoms with Gasteiger partial charge in [-0.25, -0.2) is 4.57 Å². The van der Waals surface area contributed by atoms with E-state index in [1.807, 2.05) is 21.1 Å². The summed E-state index contributed by atoms with van der Waals surface area (Å²) in [5, 5.41) is 0. The lowest BCUT2D eigenvalue weighted by Gasteiger charge is -2.24. The molecule has 74 heavy (non-hydrogen) atoms. The summed E-state index contributed by atoms with van der Waals surface area (Å²) in [5.41, 5.74) is 0. The molecule has 2 unspecified atom stereocenters. The number of hydrogen-bond donors (Lipinski definition) is 1. The van der Waals surface area contributed by atoms with Gasteiger partial charge >= 0.3 is 19.8 Å². The number of carbonyl (C=O) groups is 2. The lowest BCUT2D eigenvalue weighted by molar-refractivity contribution is -0.870. The van der Waals surface area contributed by atoms with E-state index in [2.05, 4.69) is 98.9 Å². The van der Waals surface area contributed by atoms with Gasteiger partial charge in [0.15, 0.2) is 6.10 Å². The largest absolute Gasteiger partial charge is 0.472 e. The van der Waals surface area contributed by atoms with E-state index in [0.717, 1.165) is 89.9 Å². The van der Waals surface area contributed by atoms with Gasteiger partial charge in [-0.2, -0.15) is 0 Å². The summed E-state index contributed by atoms with van der Waals surface area (Å²) < 4.78 is 34.6. The van der Waals surface area contributed by atoms with Gasteiger partial charge in [0.1, 0.15) is 19.8 Å². The van der Waals surface area contributed by atoms with E-state index in [9.17, 15) is 19.0 Å². The number of hydrogen-bond acceptors (Lipinski definition) is 7. The molecule has 2 atom stereocenters. The van der Waals surface area contributed by atoms with E-state index >= 15 is 0 Å². The number of ether oxygens (including phenoxy) is 2. The van der Waals surface area contributed by atoms with Crippen molar-refractivity contribution < 1.29 is 42.1 Å². The molecule has 0 radical (unpaired) electrons. The van der Waals surface area contributed by atoms with Gasteiger partial charge in [0.05, 0.1) is 27.7 Å². The molecule has 0 heterocycles. The van der Waals surface area contributed by atoms with Gasteiger partial charge < -0.3 is 18.9 Å². The molecule has 0 amide bonds. The first-order valence-electron chi connectivity index (χ1n) is 30.3. The Balaban J connectivity index is 4.14. The number of unbranched alkanes of at least 4 members (excludes halogenated alkanes) is 27. The van der Waals surface area contributed by atoms with Gasteiger partial charge in [0.2, 0.25) is 0 Å². The zero-order chi connectivity index (χ0) is 54.2. The number of esters is 2. The standard InChI is InChI=1S/C64H114NO8P/c1-6-8-10-12-14-16-18-20-22-24-26-28-29-30-31-32-33-34-35-37-39-41-43-45-47-49-51-53-55-57-64(67)73-62(61-72-74(68,69)71-59-58-65(3,4)5)60-70-63(66)56-54-52-50-48-46-44-42-40-38-36-27-25-23-21-19-17-15-13-11-9-7-2/h8,10,14,16,19-22,25-28,38,40,62H,6-7,9,11-13,15,17-18,23-24,29-37,39,41-61H2,1-5H3/p+1/b10-8-,16-14-,21-19-,22-20-,27-25-,28-26-,40-38-. The zero-order valence-corrected chi connectivity index (χ0v) is 49.5. The van der Waals surface area contributed by atoms with Gasteiger partial charge in [-0.3, -0.25) is 18.6 Å². The Morgan fingerprint density at radius 1 is 0.432 bits per heavy atom. The maximum Gasteiger partial charge on any atom is 0.472 e. The molecular formula is C64H115NO8P+. The molecule has 0 saturated heterocycles. The smallest absolute Gasteiger partial charge is 0.462 e. The fourth-order valence-electron chi connectivity index (χ4n) is 8.25. The predicted octanol–water partition coefficient (Wildman–Crippen LogP) is 19.0. The monoisotopic (exact) mass is 1060 g/mol. The number of carbonyl (C=O) groups excluding carboxylic acids is 2. The second-order valence-corrected chi connectivity index (χ2v) is 22.8. The number of phosphoric ester groups is 1. The Morgan fingerprint density at radius 3 is 1.15 bits per heavy atom. The van der Waals surface area contributed by atoms with Crippen molar-refractivity contribution in [2.75, 3.05) is 47.5 Å². The van der Waals surface area contributed by atoms with Gasteiger partial charge in [0, 0.05) is 12.8 Å². The molecule has 0 rings (SSSR count). The average Bonchev–Trinajstić information content (AvgIpc) is 3.36. The molecule has 0 spiro atoms. The molecule has 0 aliphatic carbocycles. The zero-order valence-electron chi connectivity index (χ0n) is 48.6. The van der Waals surface area contributed by atoms with E-state index in [-0.39, 0.29) is 32.0 Å².